The molecule has 3 nitrogen and oxygen atoms in total. The molecular formula is C21H23Cl2NO2. The van der Waals surface area contributed by atoms with Crippen molar-refractivity contribution in [3.05, 3.63) is 76.5 Å². The second-order valence-corrected chi connectivity index (χ2v) is 6.41. The zero-order chi connectivity index (χ0) is 17.6. The molecule has 26 heavy (non-hydrogen) atoms. The van der Waals surface area contributed by atoms with E-state index in [4.69, 9.17) is 20.8 Å². The van der Waals surface area contributed by atoms with Crippen molar-refractivity contribution < 1.29 is 9.15 Å². The number of aryl methyl sites for hydroxylation is 1. The minimum atomic E-state index is 0. The molecule has 0 saturated heterocycles. The van der Waals surface area contributed by atoms with Crippen LogP contribution in [0.5, 0.6) is 5.75 Å². The molecule has 138 valence electrons. The monoisotopic (exact) mass is 391 g/mol. The summed E-state index contributed by atoms with van der Waals surface area (Å²) in [6, 6.07) is 18.1. The smallest absolute Gasteiger partial charge is 0.134 e. The molecule has 1 aromatic heterocycles. The Bertz CT molecular complexity index is 828. The fourth-order valence-corrected chi connectivity index (χ4v) is 2.79. The molecule has 0 atom stereocenters. The van der Waals surface area contributed by atoms with Gasteiger partial charge in [0.1, 0.15) is 17.3 Å². The Balaban J connectivity index is 0.00000243. The van der Waals surface area contributed by atoms with E-state index >= 15 is 0 Å². The molecule has 0 fully saturated rings. The van der Waals surface area contributed by atoms with Crippen LogP contribution in [0.1, 0.15) is 16.9 Å². The van der Waals surface area contributed by atoms with Gasteiger partial charge in [-0.1, -0.05) is 35.9 Å². The molecule has 1 N–H and O–H groups in total. The molecule has 3 aromatic rings. The van der Waals surface area contributed by atoms with Gasteiger partial charge in [-0.3, -0.25) is 0 Å². The Hall–Kier alpha value is -1.94. The average Bonchev–Trinajstić information content (AvgIpc) is 3.10. The molecule has 0 aliphatic heterocycles. The van der Waals surface area contributed by atoms with Gasteiger partial charge in [0.25, 0.3) is 0 Å². The summed E-state index contributed by atoms with van der Waals surface area (Å²) in [6.07, 6.45) is 0.963. The molecular weight excluding hydrogens is 369 g/mol. The first kappa shape index (κ1) is 20.4. The van der Waals surface area contributed by atoms with Crippen molar-refractivity contribution in [1.29, 1.82) is 0 Å². The van der Waals surface area contributed by atoms with Crippen molar-refractivity contribution >= 4 is 24.0 Å². The predicted octanol–water partition coefficient (Wildman–Crippen LogP) is 5.67. The van der Waals surface area contributed by atoms with Gasteiger partial charge in [-0.2, -0.15) is 0 Å². The van der Waals surface area contributed by atoms with E-state index in [2.05, 4.69) is 17.4 Å². The topological polar surface area (TPSA) is 34.4 Å². The third-order valence-electron chi connectivity index (χ3n) is 4.17. The Labute approximate surface area is 165 Å². The maximum Gasteiger partial charge on any atom is 0.134 e. The Kier molecular flexibility index (Phi) is 7.58. The molecule has 0 saturated carbocycles. The van der Waals surface area contributed by atoms with Crippen LogP contribution in [-0.2, 0) is 13.0 Å². The van der Waals surface area contributed by atoms with Gasteiger partial charge < -0.3 is 14.5 Å². The molecule has 0 bridgehead atoms. The fraction of sp³-hybridized carbons (Fsp3) is 0.238. The first-order valence-corrected chi connectivity index (χ1v) is 8.72. The van der Waals surface area contributed by atoms with Crippen LogP contribution < -0.4 is 10.1 Å². The van der Waals surface area contributed by atoms with E-state index in [1.54, 1.807) is 7.11 Å². The van der Waals surface area contributed by atoms with E-state index in [-0.39, 0.29) is 12.4 Å². The van der Waals surface area contributed by atoms with E-state index in [0.29, 0.717) is 6.54 Å². The van der Waals surface area contributed by atoms with Crippen LogP contribution in [0.15, 0.2) is 59.0 Å². The summed E-state index contributed by atoms with van der Waals surface area (Å²) in [5.41, 5.74) is 3.35. The Morgan fingerprint density at radius 3 is 2.50 bits per heavy atom. The lowest BCUT2D eigenvalue weighted by atomic mass is 10.1. The minimum Gasteiger partial charge on any atom is -0.497 e. The van der Waals surface area contributed by atoms with Gasteiger partial charge in [-0.25, -0.2) is 0 Å². The van der Waals surface area contributed by atoms with Gasteiger partial charge in [0.05, 0.1) is 13.7 Å². The second-order valence-electron chi connectivity index (χ2n) is 6.00. The summed E-state index contributed by atoms with van der Waals surface area (Å²) in [7, 11) is 1.68. The number of furan rings is 1. The number of nitrogens with one attached hydrogen (secondary N) is 1. The molecule has 0 aliphatic rings. The van der Waals surface area contributed by atoms with Crippen molar-refractivity contribution in [2.45, 2.75) is 19.9 Å². The third-order valence-corrected chi connectivity index (χ3v) is 4.57. The second kappa shape index (κ2) is 9.67. The van der Waals surface area contributed by atoms with Crippen molar-refractivity contribution in [3.8, 4) is 17.1 Å². The number of benzene rings is 2. The summed E-state index contributed by atoms with van der Waals surface area (Å²) >= 11 is 6.19. The summed E-state index contributed by atoms with van der Waals surface area (Å²) in [4.78, 5) is 0. The number of halogens is 2. The zero-order valence-corrected chi connectivity index (χ0v) is 16.5. The molecule has 0 amide bonds. The standard InChI is InChI=1S/C21H22ClNO2.ClH/c1-15-3-6-17(13-20(15)22)21-10-9-19(25-21)14-23-12-11-16-4-7-18(24-2)8-5-16;/h3-10,13,23H,11-12,14H2,1-2H3;1H. The quantitative estimate of drug-likeness (QED) is 0.526. The zero-order valence-electron chi connectivity index (χ0n) is 14.9. The van der Waals surface area contributed by atoms with Gasteiger partial charge in [0.2, 0.25) is 0 Å². The highest BCUT2D eigenvalue weighted by Crippen LogP contribution is 2.26. The lowest BCUT2D eigenvalue weighted by Crippen LogP contribution is -2.16. The number of methoxy groups -OCH3 is 1. The summed E-state index contributed by atoms with van der Waals surface area (Å²) in [5.74, 6) is 2.64. The largest absolute Gasteiger partial charge is 0.497 e. The van der Waals surface area contributed by atoms with E-state index in [9.17, 15) is 0 Å². The maximum absolute atomic E-state index is 6.19. The molecule has 2 aromatic carbocycles. The van der Waals surface area contributed by atoms with Crippen molar-refractivity contribution in [3.63, 3.8) is 0 Å². The van der Waals surface area contributed by atoms with Crippen molar-refractivity contribution in [2.24, 2.45) is 0 Å². The fourth-order valence-electron chi connectivity index (χ4n) is 2.61. The Morgan fingerprint density at radius 2 is 1.81 bits per heavy atom. The number of rotatable bonds is 7. The normalized spacial score (nSPS) is 10.4. The van der Waals surface area contributed by atoms with E-state index in [1.807, 2.05) is 49.4 Å². The first-order valence-electron chi connectivity index (χ1n) is 8.34. The maximum atomic E-state index is 6.19. The van der Waals surface area contributed by atoms with Gasteiger partial charge in [0.15, 0.2) is 0 Å². The van der Waals surface area contributed by atoms with Crippen LogP contribution in [0, 0.1) is 6.92 Å². The molecule has 1 heterocycles. The van der Waals surface area contributed by atoms with Gasteiger partial charge in [0, 0.05) is 10.6 Å². The highest BCUT2D eigenvalue weighted by atomic mass is 35.5. The average molecular weight is 392 g/mol. The van der Waals surface area contributed by atoms with Crippen LogP contribution in [0.4, 0.5) is 0 Å². The van der Waals surface area contributed by atoms with Crippen LogP contribution in [0.3, 0.4) is 0 Å². The molecule has 0 radical (unpaired) electrons. The minimum absolute atomic E-state index is 0. The predicted molar refractivity (Wildman–Crippen MR) is 110 cm³/mol. The number of hydrogen-bond acceptors (Lipinski definition) is 3. The molecule has 0 aliphatic carbocycles. The summed E-state index contributed by atoms with van der Waals surface area (Å²) in [5, 5.41) is 4.17. The van der Waals surface area contributed by atoms with Crippen LogP contribution in [0.25, 0.3) is 11.3 Å². The number of ether oxygens (including phenoxy) is 1. The van der Waals surface area contributed by atoms with E-state index < -0.39 is 0 Å². The highest BCUT2D eigenvalue weighted by Gasteiger charge is 2.06. The van der Waals surface area contributed by atoms with Crippen molar-refractivity contribution in [1.82, 2.24) is 5.32 Å². The van der Waals surface area contributed by atoms with E-state index in [1.165, 1.54) is 5.56 Å². The SMILES string of the molecule is COc1ccc(CCNCc2ccc(-c3ccc(C)c(Cl)c3)o2)cc1.Cl. The highest BCUT2D eigenvalue weighted by molar-refractivity contribution is 6.31. The van der Waals surface area contributed by atoms with Gasteiger partial charge in [-0.05, 0) is 61.3 Å². The molecule has 5 heteroatoms. The lowest BCUT2D eigenvalue weighted by molar-refractivity contribution is 0.414. The van der Waals surface area contributed by atoms with Crippen molar-refractivity contribution in [2.75, 3.05) is 13.7 Å². The van der Waals surface area contributed by atoms with Gasteiger partial charge in [-0.15, -0.1) is 12.4 Å². The molecule has 3 rings (SSSR count). The van der Waals surface area contributed by atoms with E-state index in [0.717, 1.165) is 46.4 Å². The van der Waals surface area contributed by atoms with Gasteiger partial charge >= 0.3 is 0 Å². The lowest BCUT2D eigenvalue weighted by Gasteiger charge is -2.05. The Morgan fingerprint density at radius 1 is 1.04 bits per heavy atom. The van der Waals surface area contributed by atoms with Crippen LogP contribution >= 0.6 is 24.0 Å². The molecule has 0 unspecified atom stereocenters. The summed E-state index contributed by atoms with van der Waals surface area (Å²) < 4.78 is 11.1. The first-order chi connectivity index (χ1) is 12.2. The molecule has 0 spiro atoms. The van der Waals surface area contributed by atoms with Crippen LogP contribution in [-0.4, -0.2) is 13.7 Å². The van der Waals surface area contributed by atoms with Crippen LogP contribution in [0.2, 0.25) is 5.02 Å². The number of hydrogen-bond donors (Lipinski definition) is 1. The summed E-state index contributed by atoms with van der Waals surface area (Å²) in [6.45, 7) is 3.58. The third kappa shape index (κ3) is 5.28.